The topological polar surface area (TPSA) is 53.0 Å². The van der Waals surface area contributed by atoms with Gasteiger partial charge in [0.05, 0.1) is 12.1 Å². The van der Waals surface area contributed by atoms with Crippen molar-refractivity contribution in [2.24, 2.45) is 0 Å². The number of phenolic OH excluding ortho intramolecular Hbond substituents is 1. The second-order valence-corrected chi connectivity index (χ2v) is 10.3. The first-order valence-electron chi connectivity index (χ1n) is 12.5. The molecule has 3 aliphatic rings. The minimum atomic E-state index is -1.58. The van der Waals surface area contributed by atoms with Gasteiger partial charge in [-0.15, -0.1) is 0 Å². The Morgan fingerprint density at radius 3 is 2.44 bits per heavy atom. The Labute approximate surface area is 207 Å². The fourth-order valence-electron chi connectivity index (χ4n) is 5.02. The summed E-state index contributed by atoms with van der Waals surface area (Å²) in [5.74, 6) is -1.95. The van der Waals surface area contributed by atoms with Crippen molar-refractivity contribution in [3.05, 3.63) is 58.7 Å². The third-order valence-corrected chi connectivity index (χ3v) is 7.42. The molecule has 0 aromatic heterocycles. The van der Waals surface area contributed by atoms with Crippen molar-refractivity contribution in [1.82, 2.24) is 9.80 Å². The Morgan fingerprint density at radius 2 is 1.81 bits per heavy atom. The van der Waals surface area contributed by atoms with Crippen LogP contribution in [0.2, 0.25) is 0 Å². The first-order chi connectivity index (χ1) is 17.2. The van der Waals surface area contributed by atoms with E-state index in [-0.39, 0.29) is 56.2 Å². The maximum Gasteiger partial charge on any atom is 0.256 e. The Kier molecular flexibility index (Phi) is 6.85. The smallest absolute Gasteiger partial charge is 0.256 e. The molecule has 5 rings (SSSR count). The number of carbonyl (C=O) groups is 1. The average Bonchev–Trinajstić information content (AvgIpc) is 3.61. The van der Waals surface area contributed by atoms with Crippen LogP contribution in [0.25, 0.3) is 0 Å². The highest BCUT2D eigenvalue weighted by atomic mass is 19.1. The number of ether oxygens (including phenoxy) is 1. The molecule has 0 bridgehead atoms. The highest BCUT2D eigenvalue weighted by molar-refractivity contribution is 5.95. The van der Waals surface area contributed by atoms with Crippen molar-refractivity contribution in [1.29, 1.82) is 0 Å². The molecule has 9 heteroatoms. The largest absolute Gasteiger partial charge is 0.505 e. The van der Waals surface area contributed by atoms with Crippen LogP contribution in [0.4, 0.5) is 17.6 Å². The van der Waals surface area contributed by atoms with Crippen LogP contribution in [0.15, 0.2) is 30.3 Å². The molecule has 2 heterocycles. The number of likely N-dealkylation sites (tertiary alicyclic amines) is 2. The van der Waals surface area contributed by atoms with Gasteiger partial charge in [0.2, 0.25) is 0 Å². The van der Waals surface area contributed by atoms with Crippen molar-refractivity contribution < 1.29 is 32.2 Å². The van der Waals surface area contributed by atoms with Gasteiger partial charge in [0.25, 0.3) is 5.91 Å². The van der Waals surface area contributed by atoms with Crippen LogP contribution in [-0.4, -0.2) is 65.4 Å². The summed E-state index contributed by atoms with van der Waals surface area (Å²) >= 11 is 0. The highest BCUT2D eigenvalue weighted by Gasteiger charge is 2.37. The molecule has 2 saturated heterocycles. The van der Waals surface area contributed by atoms with Gasteiger partial charge in [0.1, 0.15) is 30.0 Å². The van der Waals surface area contributed by atoms with E-state index in [0.717, 1.165) is 18.4 Å². The molecule has 1 atom stereocenters. The van der Waals surface area contributed by atoms with Crippen molar-refractivity contribution in [3.63, 3.8) is 0 Å². The summed E-state index contributed by atoms with van der Waals surface area (Å²) in [6, 6.07) is 6.85. The predicted molar refractivity (Wildman–Crippen MR) is 126 cm³/mol. The summed E-state index contributed by atoms with van der Waals surface area (Å²) in [6.45, 7) is 1.40. The summed E-state index contributed by atoms with van der Waals surface area (Å²) in [6.07, 6.45) is 1.39. The highest BCUT2D eigenvalue weighted by Crippen LogP contribution is 2.45. The zero-order valence-corrected chi connectivity index (χ0v) is 20.0. The quantitative estimate of drug-likeness (QED) is 0.530. The van der Waals surface area contributed by atoms with Gasteiger partial charge in [-0.05, 0) is 67.3 Å². The molecule has 1 amide bonds. The lowest BCUT2D eigenvalue weighted by molar-refractivity contribution is 0.0148. The number of rotatable bonds is 7. The van der Waals surface area contributed by atoms with E-state index in [1.165, 1.54) is 29.2 Å². The third-order valence-electron chi connectivity index (χ3n) is 7.42. The summed E-state index contributed by atoms with van der Waals surface area (Å²) < 4.78 is 63.1. The van der Waals surface area contributed by atoms with Crippen LogP contribution in [0.1, 0.15) is 59.5 Å². The lowest BCUT2D eigenvalue weighted by Gasteiger charge is -2.36. The van der Waals surface area contributed by atoms with E-state index in [4.69, 9.17) is 4.74 Å². The monoisotopic (exact) mass is 506 g/mol. The van der Waals surface area contributed by atoms with Gasteiger partial charge in [-0.25, -0.2) is 17.6 Å². The van der Waals surface area contributed by atoms with Gasteiger partial charge in [-0.2, -0.15) is 0 Å². The number of aromatic hydroxyl groups is 1. The number of amides is 1. The Morgan fingerprint density at radius 1 is 1.06 bits per heavy atom. The van der Waals surface area contributed by atoms with E-state index in [9.17, 15) is 23.1 Å². The third kappa shape index (κ3) is 5.45. The summed E-state index contributed by atoms with van der Waals surface area (Å²) in [4.78, 5) is 16.1. The number of benzene rings is 2. The Balaban J connectivity index is 1.21. The van der Waals surface area contributed by atoms with Crippen LogP contribution in [-0.2, 0) is 6.54 Å². The van der Waals surface area contributed by atoms with E-state index in [0.29, 0.717) is 25.2 Å². The van der Waals surface area contributed by atoms with E-state index < -0.39 is 35.1 Å². The van der Waals surface area contributed by atoms with Crippen LogP contribution < -0.4 is 4.74 Å². The molecule has 3 fully saturated rings. The van der Waals surface area contributed by atoms with Crippen LogP contribution in [0.3, 0.4) is 0 Å². The number of alkyl halides is 2. The zero-order chi connectivity index (χ0) is 25.4. The number of phenols is 1. The average molecular weight is 507 g/mol. The first kappa shape index (κ1) is 24.9. The summed E-state index contributed by atoms with van der Waals surface area (Å²) in [5.41, 5.74) is -0.230. The van der Waals surface area contributed by atoms with Gasteiger partial charge < -0.3 is 14.7 Å². The molecule has 2 aliphatic heterocycles. The van der Waals surface area contributed by atoms with Crippen molar-refractivity contribution in [2.75, 3.05) is 32.8 Å². The SMILES string of the molecule is O=C(c1cc(C2CC2)c(OCC2(F)CCN(Cc3ccc(F)c(O)c3)CC2)cc1F)N1CCC(F)C1. The number of hydrogen-bond acceptors (Lipinski definition) is 4. The molecule has 1 N–H and O–H groups in total. The molecule has 2 aromatic carbocycles. The number of halogens is 4. The second-order valence-electron chi connectivity index (χ2n) is 10.3. The standard InChI is InChI=1S/C27H30F4N2O3/c28-19-5-8-33(15-19)26(35)21-12-20(18-2-3-18)25(13-23(21)30)36-16-27(31)6-9-32(10-7-27)14-17-1-4-22(29)24(34)11-17/h1,4,11-13,18-19,34H,2-3,5-10,14-16H2. The van der Waals surface area contributed by atoms with Gasteiger partial charge in [0.15, 0.2) is 11.6 Å². The number of piperidine rings is 1. The van der Waals surface area contributed by atoms with Gasteiger partial charge >= 0.3 is 0 Å². The minimum Gasteiger partial charge on any atom is -0.505 e. The normalized spacial score (nSPS) is 22.1. The Bertz CT molecular complexity index is 1130. The molecule has 0 radical (unpaired) electrons. The molecule has 36 heavy (non-hydrogen) atoms. The van der Waals surface area contributed by atoms with Crippen molar-refractivity contribution in [2.45, 2.75) is 56.4 Å². The lowest BCUT2D eigenvalue weighted by Crippen LogP contribution is -2.44. The molecule has 1 aliphatic carbocycles. The molecule has 1 saturated carbocycles. The second kappa shape index (κ2) is 9.92. The molecular weight excluding hydrogens is 476 g/mol. The van der Waals surface area contributed by atoms with E-state index in [2.05, 4.69) is 0 Å². The van der Waals surface area contributed by atoms with Gasteiger partial charge in [0, 0.05) is 32.2 Å². The fourth-order valence-corrected chi connectivity index (χ4v) is 5.02. The molecule has 2 aromatic rings. The summed E-state index contributed by atoms with van der Waals surface area (Å²) in [5, 5.41) is 9.56. The fraction of sp³-hybridized carbons (Fsp3) is 0.519. The van der Waals surface area contributed by atoms with E-state index >= 15 is 4.39 Å². The predicted octanol–water partition coefficient (Wildman–Crippen LogP) is 5.11. The van der Waals surface area contributed by atoms with Crippen molar-refractivity contribution >= 4 is 5.91 Å². The lowest BCUT2D eigenvalue weighted by atomic mass is 9.93. The molecule has 194 valence electrons. The number of nitrogens with zero attached hydrogens (tertiary/aromatic N) is 2. The number of hydrogen-bond donors (Lipinski definition) is 1. The molecule has 5 nitrogen and oxygen atoms in total. The Hall–Kier alpha value is -2.81. The minimum absolute atomic E-state index is 0.0288. The van der Waals surface area contributed by atoms with E-state index in [1.807, 2.05) is 4.90 Å². The molecular formula is C27H30F4N2O3. The van der Waals surface area contributed by atoms with Crippen LogP contribution >= 0.6 is 0 Å². The molecule has 1 unspecified atom stereocenters. The summed E-state index contributed by atoms with van der Waals surface area (Å²) in [7, 11) is 0. The zero-order valence-electron chi connectivity index (χ0n) is 20.0. The van der Waals surface area contributed by atoms with Gasteiger partial charge in [-0.3, -0.25) is 9.69 Å². The van der Waals surface area contributed by atoms with Crippen molar-refractivity contribution in [3.8, 4) is 11.5 Å². The van der Waals surface area contributed by atoms with Crippen LogP contribution in [0.5, 0.6) is 11.5 Å². The maximum absolute atomic E-state index is 15.6. The molecule has 0 spiro atoms. The van der Waals surface area contributed by atoms with E-state index in [1.54, 1.807) is 6.07 Å². The first-order valence-corrected chi connectivity index (χ1v) is 12.5. The number of carbonyl (C=O) groups excluding carboxylic acids is 1. The van der Waals surface area contributed by atoms with Gasteiger partial charge in [-0.1, -0.05) is 6.07 Å². The maximum atomic E-state index is 15.6. The van der Waals surface area contributed by atoms with Crippen LogP contribution in [0, 0.1) is 11.6 Å².